The molecule has 0 aliphatic carbocycles. The number of imidazole rings is 1. The van der Waals surface area contributed by atoms with Crippen LogP contribution in [0.4, 0.5) is 4.39 Å². The Balaban J connectivity index is 1.38. The molecular weight excluding hydrogens is 447 g/mol. The highest BCUT2D eigenvalue weighted by molar-refractivity contribution is 6.02. The third-order valence-corrected chi connectivity index (χ3v) is 6.43. The fraction of sp³-hybridized carbons (Fsp3) is 0.333. The summed E-state index contributed by atoms with van der Waals surface area (Å²) < 4.78 is 21.4. The summed E-state index contributed by atoms with van der Waals surface area (Å²) in [5.41, 5.74) is 5.18. The lowest BCUT2D eigenvalue weighted by molar-refractivity contribution is -0.0603. The molecule has 35 heavy (non-hydrogen) atoms. The first-order valence-electron chi connectivity index (χ1n) is 11.7. The lowest BCUT2D eigenvalue weighted by atomic mass is 9.97. The number of amidine groups is 1. The average molecular weight is 477 g/mol. The molecule has 3 heterocycles. The maximum absolute atomic E-state index is 13.8. The highest BCUT2D eigenvalue weighted by Gasteiger charge is 2.34. The Morgan fingerprint density at radius 3 is 2.83 bits per heavy atom. The quantitative estimate of drug-likeness (QED) is 0.585. The maximum atomic E-state index is 13.8. The number of benzene rings is 2. The van der Waals surface area contributed by atoms with Gasteiger partial charge in [-0.25, -0.2) is 9.37 Å². The lowest BCUT2D eigenvalue weighted by Crippen LogP contribution is -2.47. The number of oxime groups is 1. The number of aromatic nitrogens is 2. The van der Waals surface area contributed by atoms with Crippen molar-refractivity contribution in [3.05, 3.63) is 82.7 Å². The second kappa shape index (κ2) is 9.54. The molecule has 3 aromatic rings. The molecule has 2 atom stereocenters. The minimum absolute atomic E-state index is 0.369. The van der Waals surface area contributed by atoms with Crippen molar-refractivity contribution in [3.8, 4) is 11.4 Å². The minimum Gasteiger partial charge on any atom is -0.495 e. The maximum Gasteiger partial charge on any atom is 0.174 e. The molecule has 2 aliphatic heterocycles. The number of aliphatic hydroxyl groups excluding tert-OH is 1. The van der Waals surface area contributed by atoms with Gasteiger partial charge in [-0.2, -0.15) is 0 Å². The molecule has 8 heteroatoms. The van der Waals surface area contributed by atoms with Crippen molar-refractivity contribution in [3.63, 3.8) is 0 Å². The summed E-state index contributed by atoms with van der Waals surface area (Å²) in [5, 5.41) is 15.2. The smallest absolute Gasteiger partial charge is 0.174 e. The van der Waals surface area contributed by atoms with Crippen LogP contribution in [0.1, 0.15) is 41.3 Å². The highest BCUT2D eigenvalue weighted by Crippen LogP contribution is 2.31. The molecule has 2 unspecified atom stereocenters. The second-order valence-electron chi connectivity index (χ2n) is 9.14. The molecule has 2 aromatic carbocycles. The SMILES string of the molecule is COc1cc(/C=C2\CCCN3CC(C(O)c4cc(C)cc(F)c4)ON=C23)ccc1-n1cnc(C)c1. The fourth-order valence-electron chi connectivity index (χ4n) is 4.74. The molecule has 2 aliphatic rings. The van der Waals surface area contributed by atoms with Crippen LogP contribution in [0.15, 0.2) is 59.7 Å². The van der Waals surface area contributed by atoms with Gasteiger partial charge in [-0.05, 0) is 79.3 Å². The number of fused-ring (bicyclic) bond motifs is 1. The van der Waals surface area contributed by atoms with Gasteiger partial charge in [-0.3, -0.25) is 0 Å². The molecule has 0 bridgehead atoms. The Bertz CT molecular complexity index is 1280. The molecule has 0 radical (unpaired) electrons. The summed E-state index contributed by atoms with van der Waals surface area (Å²) in [5.74, 6) is 1.16. The van der Waals surface area contributed by atoms with Gasteiger partial charge >= 0.3 is 0 Å². The summed E-state index contributed by atoms with van der Waals surface area (Å²) in [7, 11) is 1.66. The Morgan fingerprint density at radius 2 is 2.09 bits per heavy atom. The van der Waals surface area contributed by atoms with Crippen LogP contribution in [0.3, 0.4) is 0 Å². The number of methoxy groups -OCH3 is 1. The van der Waals surface area contributed by atoms with Gasteiger partial charge in [0.2, 0.25) is 0 Å². The van der Waals surface area contributed by atoms with E-state index in [1.807, 2.05) is 35.9 Å². The van der Waals surface area contributed by atoms with Crippen LogP contribution >= 0.6 is 0 Å². The van der Waals surface area contributed by atoms with E-state index >= 15 is 0 Å². The summed E-state index contributed by atoms with van der Waals surface area (Å²) in [6.07, 6.45) is 6.14. The number of ether oxygens (including phenoxy) is 1. The van der Waals surface area contributed by atoms with Crippen LogP contribution in [-0.2, 0) is 4.84 Å². The molecule has 0 spiro atoms. The molecule has 1 fully saturated rings. The Morgan fingerprint density at radius 1 is 1.23 bits per heavy atom. The number of hydrogen-bond acceptors (Lipinski definition) is 6. The zero-order valence-corrected chi connectivity index (χ0v) is 20.1. The molecule has 0 amide bonds. The van der Waals surface area contributed by atoms with Gasteiger partial charge in [0.05, 0.1) is 31.4 Å². The van der Waals surface area contributed by atoms with Crippen LogP contribution in [0.25, 0.3) is 11.8 Å². The van der Waals surface area contributed by atoms with E-state index in [0.29, 0.717) is 12.1 Å². The van der Waals surface area contributed by atoms with E-state index in [4.69, 9.17) is 9.57 Å². The molecular formula is C27H29FN4O3. The van der Waals surface area contributed by atoms with Crippen molar-refractivity contribution in [1.82, 2.24) is 14.5 Å². The van der Waals surface area contributed by atoms with Crippen LogP contribution in [0.2, 0.25) is 0 Å². The predicted octanol–water partition coefficient (Wildman–Crippen LogP) is 4.56. The third kappa shape index (κ3) is 4.79. The number of aliphatic hydroxyl groups is 1. The largest absolute Gasteiger partial charge is 0.495 e. The molecule has 1 saturated heterocycles. The zero-order chi connectivity index (χ0) is 24.5. The summed E-state index contributed by atoms with van der Waals surface area (Å²) >= 11 is 0. The number of nitrogens with zero attached hydrogens (tertiary/aromatic N) is 4. The standard InChI is InChI=1S/C27H29FN4O3/c1-17-9-21(13-22(28)10-17)26(33)25-15-31-8-4-5-20(27(31)30-35-25)11-19-6-7-23(24(12-19)34-3)32-14-18(2)29-16-32/h6-7,9-14,16,25-26,33H,4-5,8,15H2,1-3H3/b20-11+. The first-order chi connectivity index (χ1) is 16.9. The normalized spacial score (nSPS) is 19.7. The Kier molecular flexibility index (Phi) is 6.30. The van der Waals surface area contributed by atoms with Crippen LogP contribution in [0.5, 0.6) is 5.75 Å². The zero-order valence-electron chi connectivity index (χ0n) is 20.1. The van der Waals surface area contributed by atoms with E-state index in [0.717, 1.165) is 59.1 Å². The van der Waals surface area contributed by atoms with Crippen LogP contribution in [0, 0.1) is 19.7 Å². The summed E-state index contributed by atoms with van der Waals surface area (Å²) in [4.78, 5) is 12.2. The summed E-state index contributed by atoms with van der Waals surface area (Å²) in [6.45, 7) is 5.06. The molecule has 1 N–H and O–H groups in total. The molecule has 5 rings (SSSR count). The van der Waals surface area contributed by atoms with Gasteiger partial charge in [0.15, 0.2) is 11.9 Å². The van der Waals surface area contributed by atoms with E-state index in [1.54, 1.807) is 26.4 Å². The van der Waals surface area contributed by atoms with E-state index in [2.05, 4.69) is 21.1 Å². The number of halogens is 1. The van der Waals surface area contributed by atoms with Crippen molar-refractivity contribution in [2.24, 2.45) is 5.16 Å². The van der Waals surface area contributed by atoms with Crippen molar-refractivity contribution < 1.29 is 19.1 Å². The van der Waals surface area contributed by atoms with Gasteiger partial charge < -0.3 is 24.1 Å². The predicted molar refractivity (Wildman–Crippen MR) is 132 cm³/mol. The Hall–Kier alpha value is -3.65. The van der Waals surface area contributed by atoms with E-state index in [9.17, 15) is 9.50 Å². The molecule has 0 saturated carbocycles. The van der Waals surface area contributed by atoms with E-state index in [1.165, 1.54) is 12.1 Å². The number of rotatable bonds is 5. The van der Waals surface area contributed by atoms with Crippen LogP contribution in [-0.4, -0.2) is 51.7 Å². The topological polar surface area (TPSA) is 72.1 Å². The van der Waals surface area contributed by atoms with Crippen molar-refractivity contribution in [1.29, 1.82) is 0 Å². The lowest BCUT2D eigenvalue weighted by Gasteiger charge is -2.38. The van der Waals surface area contributed by atoms with Crippen molar-refractivity contribution in [2.75, 3.05) is 20.2 Å². The van der Waals surface area contributed by atoms with E-state index in [-0.39, 0.29) is 5.82 Å². The minimum atomic E-state index is -0.965. The first-order valence-corrected chi connectivity index (χ1v) is 11.7. The molecule has 1 aromatic heterocycles. The molecule has 7 nitrogen and oxygen atoms in total. The number of hydrogen-bond donors (Lipinski definition) is 1. The van der Waals surface area contributed by atoms with Gasteiger partial charge in [0.25, 0.3) is 0 Å². The van der Waals surface area contributed by atoms with Crippen LogP contribution < -0.4 is 4.74 Å². The van der Waals surface area contributed by atoms with Crippen molar-refractivity contribution >= 4 is 11.9 Å². The molecule has 182 valence electrons. The monoisotopic (exact) mass is 476 g/mol. The fourth-order valence-corrected chi connectivity index (χ4v) is 4.74. The third-order valence-electron chi connectivity index (χ3n) is 6.43. The first kappa shape index (κ1) is 23.1. The Labute approximate surface area is 204 Å². The van der Waals surface area contributed by atoms with Gasteiger partial charge in [0, 0.05) is 12.7 Å². The van der Waals surface area contributed by atoms with E-state index < -0.39 is 12.2 Å². The van der Waals surface area contributed by atoms with Gasteiger partial charge in [-0.15, -0.1) is 0 Å². The number of aryl methyl sites for hydroxylation is 2. The van der Waals surface area contributed by atoms with Gasteiger partial charge in [-0.1, -0.05) is 17.3 Å². The van der Waals surface area contributed by atoms with Gasteiger partial charge in [0.1, 0.15) is 17.7 Å². The summed E-state index contributed by atoms with van der Waals surface area (Å²) in [6, 6.07) is 10.6. The average Bonchev–Trinajstić information content (AvgIpc) is 3.28. The second-order valence-corrected chi connectivity index (χ2v) is 9.14. The highest BCUT2D eigenvalue weighted by atomic mass is 19.1. The van der Waals surface area contributed by atoms with Crippen molar-refractivity contribution in [2.45, 2.75) is 38.9 Å². The number of piperidine rings is 1.